The van der Waals surface area contributed by atoms with E-state index in [1.807, 2.05) is 6.07 Å². The van der Waals surface area contributed by atoms with Crippen molar-refractivity contribution in [2.24, 2.45) is 0 Å². The molecule has 0 aliphatic carbocycles. The fourth-order valence-electron chi connectivity index (χ4n) is 2.02. The lowest BCUT2D eigenvalue weighted by atomic mass is 10.1. The first-order valence-electron chi connectivity index (χ1n) is 6.96. The monoisotopic (exact) mass is 394 g/mol. The molecule has 0 amide bonds. The average molecular weight is 396 g/mol. The molecule has 1 heterocycles. The van der Waals surface area contributed by atoms with Gasteiger partial charge in [0.1, 0.15) is 5.76 Å². The van der Waals surface area contributed by atoms with Gasteiger partial charge in [-0.25, -0.2) is 0 Å². The van der Waals surface area contributed by atoms with Gasteiger partial charge in [-0.1, -0.05) is 13.8 Å². The van der Waals surface area contributed by atoms with Gasteiger partial charge >= 0.3 is 0 Å². The van der Waals surface area contributed by atoms with Gasteiger partial charge in [-0.3, -0.25) is 0 Å². The lowest BCUT2D eigenvalue weighted by Gasteiger charge is -2.19. The topological polar surface area (TPSA) is 28.4 Å². The Morgan fingerprint density at radius 2 is 2.00 bits per heavy atom. The molecule has 0 saturated carbocycles. The molecular formula is C14H24Br2N2O. The van der Waals surface area contributed by atoms with E-state index in [1.165, 1.54) is 19.4 Å². The molecule has 19 heavy (non-hydrogen) atoms. The van der Waals surface area contributed by atoms with Gasteiger partial charge in [-0.05, 0) is 77.3 Å². The highest BCUT2D eigenvalue weighted by atomic mass is 79.9. The first-order valence-corrected chi connectivity index (χ1v) is 8.54. The molecule has 1 aromatic heterocycles. The molecule has 3 nitrogen and oxygen atoms in total. The minimum Gasteiger partial charge on any atom is -0.452 e. The Bertz CT molecular complexity index is 345. The summed E-state index contributed by atoms with van der Waals surface area (Å²) < 4.78 is 7.27. The molecule has 1 unspecified atom stereocenters. The minimum absolute atomic E-state index is 0.512. The van der Waals surface area contributed by atoms with Crippen LogP contribution < -0.4 is 5.32 Å². The lowest BCUT2D eigenvalue weighted by molar-refractivity contribution is 0.289. The van der Waals surface area contributed by atoms with E-state index in [4.69, 9.17) is 4.42 Å². The van der Waals surface area contributed by atoms with Gasteiger partial charge in [0.2, 0.25) is 0 Å². The quantitative estimate of drug-likeness (QED) is 0.671. The Morgan fingerprint density at radius 1 is 1.32 bits per heavy atom. The maximum absolute atomic E-state index is 5.54. The van der Waals surface area contributed by atoms with Gasteiger partial charge in [0.25, 0.3) is 0 Å². The highest BCUT2D eigenvalue weighted by molar-refractivity contribution is 9.13. The van der Waals surface area contributed by atoms with Crippen LogP contribution in [0.2, 0.25) is 0 Å². The molecule has 0 aliphatic rings. The van der Waals surface area contributed by atoms with Crippen molar-refractivity contribution in [3.63, 3.8) is 0 Å². The van der Waals surface area contributed by atoms with Gasteiger partial charge in [0.15, 0.2) is 4.67 Å². The van der Waals surface area contributed by atoms with Crippen LogP contribution >= 0.6 is 31.9 Å². The fourth-order valence-corrected chi connectivity index (χ4v) is 2.67. The number of furan rings is 1. The Kier molecular flexibility index (Phi) is 8.30. The number of hydrogen-bond donors (Lipinski definition) is 1. The van der Waals surface area contributed by atoms with Crippen LogP contribution in [-0.2, 0) is 6.54 Å². The first-order chi connectivity index (χ1) is 9.06. The summed E-state index contributed by atoms with van der Waals surface area (Å²) >= 11 is 6.77. The van der Waals surface area contributed by atoms with Crippen molar-refractivity contribution in [1.29, 1.82) is 0 Å². The summed E-state index contributed by atoms with van der Waals surface area (Å²) in [5.41, 5.74) is 0. The smallest absolute Gasteiger partial charge is 0.183 e. The zero-order chi connectivity index (χ0) is 14.3. The van der Waals surface area contributed by atoms with E-state index in [9.17, 15) is 0 Å². The van der Waals surface area contributed by atoms with E-state index in [-0.39, 0.29) is 0 Å². The first kappa shape index (κ1) is 17.2. The normalized spacial score (nSPS) is 13.2. The van der Waals surface area contributed by atoms with Crippen molar-refractivity contribution in [1.82, 2.24) is 10.2 Å². The predicted octanol–water partition coefficient (Wildman–Crippen LogP) is 4.40. The van der Waals surface area contributed by atoms with Gasteiger partial charge in [-0.2, -0.15) is 0 Å². The third-order valence-corrected chi connectivity index (χ3v) is 5.04. The maximum atomic E-state index is 5.54. The number of nitrogens with one attached hydrogen (secondary N) is 1. The summed E-state index contributed by atoms with van der Waals surface area (Å²) in [6, 6.07) is 2.51. The molecule has 1 atom stereocenters. The Labute approximate surface area is 133 Å². The van der Waals surface area contributed by atoms with Crippen LogP contribution in [0.25, 0.3) is 0 Å². The molecule has 110 valence electrons. The van der Waals surface area contributed by atoms with Crippen LogP contribution in [-0.4, -0.2) is 30.6 Å². The van der Waals surface area contributed by atoms with Crippen LogP contribution in [0.1, 0.15) is 39.4 Å². The highest BCUT2D eigenvalue weighted by Gasteiger charge is 2.08. The highest BCUT2D eigenvalue weighted by Crippen LogP contribution is 2.26. The minimum atomic E-state index is 0.512. The molecule has 1 N–H and O–H groups in total. The molecule has 0 saturated heterocycles. The summed E-state index contributed by atoms with van der Waals surface area (Å²) in [7, 11) is 0. The summed E-state index contributed by atoms with van der Waals surface area (Å²) in [4.78, 5) is 2.47. The molecule has 5 heteroatoms. The van der Waals surface area contributed by atoms with E-state index in [0.717, 1.165) is 34.5 Å². The third kappa shape index (κ3) is 6.43. The van der Waals surface area contributed by atoms with E-state index >= 15 is 0 Å². The van der Waals surface area contributed by atoms with Crippen LogP contribution in [0.3, 0.4) is 0 Å². The van der Waals surface area contributed by atoms with Gasteiger partial charge < -0.3 is 14.6 Å². The largest absolute Gasteiger partial charge is 0.452 e. The van der Waals surface area contributed by atoms with Gasteiger partial charge in [0.05, 0.1) is 11.0 Å². The Hall–Kier alpha value is 0.160. The summed E-state index contributed by atoms with van der Waals surface area (Å²) in [6.07, 6.45) is 2.43. The molecule has 0 radical (unpaired) electrons. The van der Waals surface area contributed by atoms with Crippen molar-refractivity contribution in [2.75, 3.05) is 19.6 Å². The van der Waals surface area contributed by atoms with Crippen molar-refractivity contribution >= 4 is 31.9 Å². The maximum Gasteiger partial charge on any atom is 0.183 e. The van der Waals surface area contributed by atoms with Crippen LogP contribution in [0, 0.1) is 0 Å². The average Bonchev–Trinajstić information content (AvgIpc) is 2.72. The Balaban J connectivity index is 2.19. The van der Waals surface area contributed by atoms with E-state index in [0.29, 0.717) is 6.04 Å². The van der Waals surface area contributed by atoms with Crippen molar-refractivity contribution < 1.29 is 4.42 Å². The molecular weight excluding hydrogens is 372 g/mol. The van der Waals surface area contributed by atoms with Gasteiger partial charge in [0, 0.05) is 6.04 Å². The summed E-state index contributed by atoms with van der Waals surface area (Å²) in [5.74, 6) is 0.953. The molecule has 1 rings (SSSR count). The molecule has 0 aromatic carbocycles. The second-order valence-electron chi connectivity index (χ2n) is 4.79. The van der Waals surface area contributed by atoms with Gasteiger partial charge in [-0.15, -0.1) is 0 Å². The molecule has 0 aliphatic heterocycles. The van der Waals surface area contributed by atoms with Crippen LogP contribution in [0.4, 0.5) is 0 Å². The van der Waals surface area contributed by atoms with Crippen LogP contribution in [0.15, 0.2) is 19.6 Å². The molecule has 0 spiro atoms. The standard InChI is InChI=1S/C14H24Br2N2O/c1-4-18(5-2)8-6-7-11(3)17-10-12-9-13(15)14(16)19-12/h9,11,17H,4-8,10H2,1-3H3. The van der Waals surface area contributed by atoms with E-state index in [1.54, 1.807) is 0 Å². The summed E-state index contributed by atoms with van der Waals surface area (Å²) in [5, 5.41) is 3.50. The van der Waals surface area contributed by atoms with Crippen LogP contribution in [0.5, 0.6) is 0 Å². The van der Waals surface area contributed by atoms with Crippen molar-refractivity contribution in [2.45, 2.75) is 46.2 Å². The fraction of sp³-hybridized carbons (Fsp3) is 0.714. The molecule has 1 aromatic rings. The molecule has 0 fully saturated rings. The molecule has 0 bridgehead atoms. The Morgan fingerprint density at radius 3 is 2.53 bits per heavy atom. The SMILES string of the molecule is CCN(CC)CCCC(C)NCc1cc(Br)c(Br)o1. The van der Waals surface area contributed by atoms with E-state index < -0.39 is 0 Å². The number of hydrogen-bond acceptors (Lipinski definition) is 3. The summed E-state index contributed by atoms with van der Waals surface area (Å²) in [6.45, 7) is 10.9. The predicted molar refractivity (Wildman–Crippen MR) is 87.4 cm³/mol. The van der Waals surface area contributed by atoms with Crippen molar-refractivity contribution in [3.05, 3.63) is 21.0 Å². The lowest BCUT2D eigenvalue weighted by Crippen LogP contribution is -2.28. The zero-order valence-corrected chi connectivity index (χ0v) is 15.2. The number of nitrogens with zero attached hydrogens (tertiary/aromatic N) is 1. The zero-order valence-electron chi connectivity index (χ0n) is 12.0. The third-order valence-electron chi connectivity index (χ3n) is 3.33. The van der Waals surface area contributed by atoms with Crippen molar-refractivity contribution in [3.8, 4) is 0 Å². The number of rotatable bonds is 9. The number of halogens is 2. The second-order valence-corrected chi connectivity index (χ2v) is 6.36. The van der Waals surface area contributed by atoms with E-state index in [2.05, 4.69) is 62.8 Å². The second kappa shape index (κ2) is 9.16.